The Morgan fingerprint density at radius 2 is 1.23 bits per heavy atom. The number of ether oxygens (including phenoxy) is 1. The molecule has 2 bridgehead atoms. The fourth-order valence-corrected chi connectivity index (χ4v) is 14.4. The topological polar surface area (TPSA) is 363 Å². The number of nitrogens with zero attached hydrogens (tertiary/aromatic N) is 3. The van der Waals surface area contributed by atoms with E-state index in [4.69, 9.17) is 4.74 Å². The van der Waals surface area contributed by atoms with Gasteiger partial charge in [-0.05, 0) is 149 Å². The van der Waals surface area contributed by atoms with Gasteiger partial charge in [-0.1, -0.05) is 36.4 Å². The highest BCUT2D eigenvalue weighted by Gasteiger charge is 2.48. The molecule has 0 spiro atoms. The number of unbranched alkanes of at least 4 members (excludes halogenated alkanes) is 1. The Bertz CT molecular complexity index is 4140. The van der Waals surface area contributed by atoms with Gasteiger partial charge in [0.15, 0.2) is 0 Å². The summed E-state index contributed by atoms with van der Waals surface area (Å²) in [6.45, 7) is 4.20. The number of nitrogens with one attached hydrogen (secondary N) is 11. The first-order chi connectivity index (χ1) is 49.4. The van der Waals surface area contributed by atoms with E-state index in [0.29, 0.717) is 94.4 Å². The number of aromatic nitrogens is 4. The van der Waals surface area contributed by atoms with Gasteiger partial charge in [-0.15, -0.1) is 0 Å². The summed E-state index contributed by atoms with van der Waals surface area (Å²) in [5, 5.41) is 33.0. The fourth-order valence-electron chi connectivity index (χ4n) is 12.7. The molecule has 7 aromatic rings. The Kier molecular flexibility index (Phi) is 27.7. The van der Waals surface area contributed by atoms with E-state index < -0.39 is 126 Å². The van der Waals surface area contributed by atoms with Gasteiger partial charge in [0.1, 0.15) is 71.0 Å². The first-order valence-electron chi connectivity index (χ1n) is 34.4. The van der Waals surface area contributed by atoms with Crippen LogP contribution in [0, 0.1) is 11.6 Å². The molecule has 2 aliphatic heterocycles. The SMILES string of the molecule is COc1ccc(C[C@@H]2NC(=O)[C@H](CCc3ncc[nH]3)NC(=O)[C@H](CC(=O)O)NC(=O)[C@H](Cc3c[nH]c4ccc(F)cc34)NC(=O)[C@H](Cc3c[nH]c4ccc(F)cc34)NC(=O)[C@@H](C)NC(=O)[C@H](CCCCN(C)C)NC(=O)CCSCc3cccc(c3)CSCCNC(=O)[C@]3(C)CCCN3C2=O)cc1. The van der Waals surface area contributed by atoms with Crippen LogP contribution in [-0.2, 0) is 85.1 Å². The van der Waals surface area contributed by atoms with Crippen LogP contribution < -0.4 is 47.3 Å². The number of carbonyl (C=O) groups is 10. The highest BCUT2D eigenvalue weighted by atomic mass is 32.2. The number of fused-ring (bicyclic) bond motifs is 5. The van der Waals surface area contributed by atoms with Gasteiger partial charge < -0.3 is 77.1 Å². The van der Waals surface area contributed by atoms with Crippen molar-refractivity contribution in [1.82, 2.24) is 72.3 Å². The second-order valence-electron chi connectivity index (χ2n) is 26.4. The van der Waals surface area contributed by atoms with E-state index in [1.165, 1.54) is 73.9 Å². The molecule has 103 heavy (non-hydrogen) atoms. The maximum absolute atomic E-state index is 15.2. The quantitative estimate of drug-likeness (QED) is 0.0533. The Balaban J connectivity index is 1.06. The number of imidazole rings is 1. The van der Waals surface area contributed by atoms with Crippen LogP contribution in [0.15, 0.2) is 110 Å². The maximum Gasteiger partial charge on any atom is 0.305 e. The largest absolute Gasteiger partial charge is 0.497 e. The number of thioether (sulfide) groups is 2. The van der Waals surface area contributed by atoms with Crippen molar-refractivity contribution in [3.05, 3.63) is 155 Å². The molecule has 9 amide bonds. The number of amides is 9. The molecular formula is C73H90F2N14O12S2. The summed E-state index contributed by atoms with van der Waals surface area (Å²) in [6, 6.07) is 11.9. The number of methoxy groups -OCH3 is 1. The minimum atomic E-state index is -1.99. The molecule has 0 aliphatic carbocycles. The minimum absolute atomic E-state index is 0.0261. The molecule has 9 rings (SSSR count). The number of carbonyl (C=O) groups excluding carboxylic acids is 9. The summed E-state index contributed by atoms with van der Waals surface area (Å²) in [6.07, 6.45) is 6.12. The monoisotopic (exact) mass is 1460 g/mol. The first kappa shape index (κ1) is 77.4. The summed E-state index contributed by atoms with van der Waals surface area (Å²) in [5.41, 5.74) is 2.83. The van der Waals surface area contributed by atoms with Crippen LogP contribution in [0.25, 0.3) is 21.8 Å². The molecular weight excluding hydrogens is 1370 g/mol. The van der Waals surface area contributed by atoms with Crippen molar-refractivity contribution < 1.29 is 66.6 Å². The van der Waals surface area contributed by atoms with E-state index in [2.05, 4.69) is 68.5 Å². The molecule has 3 aromatic heterocycles. The molecule has 5 heterocycles. The summed E-state index contributed by atoms with van der Waals surface area (Å²) in [7, 11) is 5.32. The van der Waals surface area contributed by atoms with Crippen LogP contribution in [0.2, 0.25) is 0 Å². The van der Waals surface area contributed by atoms with E-state index in [0.717, 1.165) is 11.1 Å². The molecule has 1 saturated heterocycles. The number of carboxylic acid groups (broad SMARTS) is 1. The van der Waals surface area contributed by atoms with Gasteiger partial charge in [0, 0.05) is 115 Å². The number of rotatable bonds is 17. The molecule has 26 nitrogen and oxygen atoms in total. The first-order valence-corrected chi connectivity index (χ1v) is 36.7. The number of halogens is 2. The standard InChI is InChI=1S/C73H90F2N14O12S2/c1-43-65(93)84-58(34-47-39-79-54-19-15-49(74)36-52(47)54)68(96)85-59(35-48-40-80-55-20-16-50(75)37-53(48)55)69(97)86-60(38-64(91)92)70(98)83-57(21-22-62-76-25-26-77-62)67(95)87-61(33-44-13-17-51(101-5)18-14-44)71(99)89-29-9-24-73(89,2)72(100)78-27-31-103-42-46-11-8-10-45(32-46)41-102-30-23-63(90)82-56(66(94)81-43)12-6-7-28-88(3)4/h8,10-11,13-20,25-26,32,36-37,39-40,43,56-61,79-80H,6-7,9,12,21-24,27-31,33-35,38,41-42H2,1-5H3,(H,76,77)(H,78,100)(H,81,94)(H,82,90)(H,83,98)(H,84,93)(H,85,96)(H,86,97)(H,87,95)(H,91,92)/t43-,56+,57+,58+,59+,60+,61+,73+/m1/s1. The molecule has 8 atom stereocenters. The molecule has 30 heteroatoms. The zero-order chi connectivity index (χ0) is 73.7. The third kappa shape index (κ3) is 21.9. The highest BCUT2D eigenvalue weighted by Crippen LogP contribution is 2.32. The number of aliphatic carboxylic acids is 1. The lowest BCUT2D eigenvalue weighted by Crippen LogP contribution is -2.62. The fraction of sp³-hybridized carbons (Fsp3) is 0.438. The molecule has 550 valence electrons. The van der Waals surface area contributed by atoms with Crippen molar-refractivity contribution >= 4 is 104 Å². The molecule has 0 radical (unpaired) electrons. The van der Waals surface area contributed by atoms with Crippen LogP contribution in [0.3, 0.4) is 0 Å². The number of aromatic amines is 3. The second-order valence-corrected chi connectivity index (χ2v) is 28.6. The van der Waals surface area contributed by atoms with Crippen molar-refractivity contribution in [1.29, 1.82) is 0 Å². The van der Waals surface area contributed by atoms with Crippen molar-refractivity contribution in [3.63, 3.8) is 0 Å². The summed E-state index contributed by atoms with van der Waals surface area (Å²) in [4.78, 5) is 162. The normalized spacial score (nSPS) is 22.6. The molecule has 0 unspecified atom stereocenters. The van der Waals surface area contributed by atoms with Crippen LogP contribution in [0.1, 0.15) is 98.9 Å². The lowest BCUT2D eigenvalue weighted by atomic mass is 9.95. The molecule has 2 aliphatic rings. The predicted octanol–water partition coefficient (Wildman–Crippen LogP) is 5.01. The van der Waals surface area contributed by atoms with Crippen LogP contribution in [0.5, 0.6) is 5.75 Å². The van der Waals surface area contributed by atoms with Crippen molar-refractivity contribution in [2.24, 2.45) is 0 Å². The van der Waals surface area contributed by atoms with Crippen LogP contribution >= 0.6 is 23.5 Å². The number of hydrogen-bond donors (Lipinski definition) is 12. The van der Waals surface area contributed by atoms with E-state index in [1.807, 2.05) is 37.2 Å². The van der Waals surface area contributed by atoms with Gasteiger partial charge in [-0.2, -0.15) is 23.5 Å². The van der Waals surface area contributed by atoms with Gasteiger partial charge in [0.2, 0.25) is 53.2 Å². The van der Waals surface area contributed by atoms with Gasteiger partial charge in [0.05, 0.1) is 13.5 Å². The Morgan fingerprint density at radius 1 is 0.660 bits per heavy atom. The lowest BCUT2D eigenvalue weighted by molar-refractivity contribution is -0.146. The van der Waals surface area contributed by atoms with E-state index in [1.54, 1.807) is 60.9 Å². The molecule has 4 aromatic carbocycles. The highest BCUT2D eigenvalue weighted by molar-refractivity contribution is 7.98. The van der Waals surface area contributed by atoms with Crippen LogP contribution in [0.4, 0.5) is 8.78 Å². The molecule has 1 fully saturated rings. The smallest absolute Gasteiger partial charge is 0.305 e. The second kappa shape index (κ2) is 36.9. The zero-order valence-corrected chi connectivity index (χ0v) is 59.9. The minimum Gasteiger partial charge on any atom is -0.497 e. The average molecular weight is 1460 g/mol. The van der Waals surface area contributed by atoms with Crippen LogP contribution in [-0.4, -0.2) is 194 Å². The number of hydrogen-bond acceptors (Lipinski definition) is 15. The van der Waals surface area contributed by atoms with Crippen molar-refractivity contribution in [3.8, 4) is 5.75 Å². The van der Waals surface area contributed by atoms with E-state index in [-0.39, 0.29) is 68.5 Å². The average Bonchev–Trinajstić information content (AvgIpc) is 1.68. The zero-order valence-electron chi connectivity index (χ0n) is 58.2. The van der Waals surface area contributed by atoms with Gasteiger partial charge in [0.25, 0.3) is 0 Å². The molecule has 0 saturated carbocycles. The van der Waals surface area contributed by atoms with Crippen molar-refractivity contribution in [2.75, 3.05) is 52.3 Å². The molecule has 12 N–H and O–H groups in total. The summed E-state index contributed by atoms with van der Waals surface area (Å²) >= 11 is 3.15. The Labute approximate surface area is 603 Å². The third-order valence-electron chi connectivity index (χ3n) is 18.3. The lowest BCUT2D eigenvalue weighted by Gasteiger charge is -2.36. The Morgan fingerprint density at radius 3 is 1.84 bits per heavy atom. The summed E-state index contributed by atoms with van der Waals surface area (Å²) < 4.78 is 35.4. The number of benzene rings is 4. The predicted molar refractivity (Wildman–Crippen MR) is 387 cm³/mol. The van der Waals surface area contributed by atoms with Crippen molar-refractivity contribution in [2.45, 2.75) is 150 Å². The van der Waals surface area contributed by atoms with Gasteiger partial charge >= 0.3 is 5.97 Å². The number of H-pyrrole nitrogens is 3. The number of carboxylic acids is 1. The van der Waals surface area contributed by atoms with E-state index >= 15 is 23.6 Å². The van der Waals surface area contributed by atoms with E-state index in [9.17, 15) is 38.3 Å². The summed E-state index contributed by atoms with van der Waals surface area (Å²) in [5.74, 6) is -6.94. The third-order valence-corrected chi connectivity index (χ3v) is 20.4. The van der Waals surface area contributed by atoms with Gasteiger partial charge in [-0.3, -0.25) is 47.9 Å². The number of aryl methyl sites for hydroxylation is 1. The van der Waals surface area contributed by atoms with Gasteiger partial charge in [-0.25, -0.2) is 13.8 Å². The Hall–Kier alpha value is -9.81. The maximum atomic E-state index is 15.2.